The van der Waals surface area contributed by atoms with E-state index in [1.54, 1.807) is 0 Å². The lowest BCUT2D eigenvalue weighted by Gasteiger charge is -2.34. The molecule has 6 heteroatoms. The van der Waals surface area contributed by atoms with Crippen LogP contribution in [0.1, 0.15) is 61.2 Å². The van der Waals surface area contributed by atoms with E-state index in [1.807, 2.05) is 36.1 Å². The predicted molar refractivity (Wildman–Crippen MR) is 124 cm³/mol. The maximum Gasteiger partial charge on any atom is 0.325 e. The van der Waals surface area contributed by atoms with Crippen LogP contribution in [0.2, 0.25) is 0 Å². The topological polar surface area (TPSA) is 75.8 Å². The van der Waals surface area contributed by atoms with Gasteiger partial charge in [-0.3, -0.25) is 9.69 Å². The molecule has 1 aliphatic rings. The Balaban J connectivity index is 1.65. The standard InChI is InChI=1S/C26H32N2O4/c1-5-6-14-28-15-12-20-10-11-21(17-22(20)25(28)26(29)30)31-16-13-23-19(4)32-24(27-23)9-7-8-18(2)3/h5,10-11,17-18,25H,1,6,8,12-16H2,2-4H3,(H,29,30). The summed E-state index contributed by atoms with van der Waals surface area (Å²) < 4.78 is 11.6. The summed E-state index contributed by atoms with van der Waals surface area (Å²) in [6.07, 6.45) is 4.80. The largest absolute Gasteiger partial charge is 0.493 e. The Bertz CT molecular complexity index is 1010. The van der Waals surface area contributed by atoms with Gasteiger partial charge in [0.05, 0.1) is 12.3 Å². The molecule has 1 unspecified atom stereocenters. The van der Waals surface area contributed by atoms with Gasteiger partial charge in [0.25, 0.3) is 5.89 Å². The molecule has 2 aromatic rings. The molecule has 0 saturated carbocycles. The lowest BCUT2D eigenvalue weighted by Crippen LogP contribution is -2.40. The first-order valence-electron chi connectivity index (χ1n) is 11.2. The van der Waals surface area contributed by atoms with Crippen molar-refractivity contribution in [3.63, 3.8) is 0 Å². The number of ether oxygens (including phenoxy) is 1. The molecule has 0 spiro atoms. The summed E-state index contributed by atoms with van der Waals surface area (Å²) in [5.74, 6) is 7.59. The summed E-state index contributed by atoms with van der Waals surface area (Å²) >= 11 is 0. The van der Waals surface area contributed by atoms with Crippen molar-refractivity contribution in [2.75, 3.05) is 19.7 Å². The molecule has 0 aliphatic carbocycles. The number of carboxylic acid groups (broad SMARTS) is 1. The Labute approximate surface area is 190 Å². The van der Waals surface area contributed by atoms with E-state index in [0.717, 1.165) is 48.4 Å². The summed E-state index contributed by atoms with van der Waals surface area (Å²) in [5.41, 5.74) is 2.71. The third-order valence-corrected chi connectivity index (χ3v) is 5.51. The van der Waals surface area contributed by atoms with Crippen LogP contribution < -0.4 is 4.74 Å². The van der Waals surface area contributed by atoms with E-state index in [9.17, 15) is 9.90 Å². The van der Waals surface area contributed by atoms with Gasteiger partial charge in [0, 0.05) is 25.9 Å². The van der Waals surface area contributed by atoms with Gasteiger partial charge in [0.15, 0.2) is 0 Å². The minimum Gasteiger partial charge on any atom is -0.493 e. The summed E-state index contributed by atoms with van der Waals surface area (Å²) in [4.78, 5) is 18.5. The van der Waals surface area contributed by atoms with E-state index in [-0.39, 0.29) is 0 Å². The van der Waals surface area contributed by atoms with Crippen molar-refractivity contribution in [3.8, 4) is 17.6 Å². The molecule has 2 heterocycles. The SMILES string of the molecule is C=CCCN1CCc2ccc(OCCc3nc(C#CCC(C)C)oc3C)cc2C1C(=O)O. The van der Waals surface area contributed by atoms with Crippen LogP contribution >= 0.6 is 0 Å². The third kappa shape index (κ3) is 6.02. The number of fused-ring (bicyclic) bond motifs is 1. The summed E-state index contributed by atoms with van der Waals surface area (Å²) in [6, 6.07) is 5.10. The smallest absolute Gasteiger partial charge is 0.325 e. The van der Waals surface area contributed by atoms with Crippen molar-refractivity contribution in [1.29, 1.82) is 0 Å². The van der Waals surface area contributed by atoms with Gasteiger partial charge in [-0.05, 0) is 54.9 Å². The van der Waals surface area contributed by atoms with Crippen LogP contribution in [-0.2, 0) is 17.6 Å². The Hall–Kier alpha value is -3.04. The van der Waals surface area contributed by atoms with E-state index in [0.29, 0.717) is 37.1 Å². The molecule has 1 aromatic carbocycles. The average Bonchev–Trinajstić information content (AvgIpc) is 3.10. The second kappa shape index (κ2) is 11.0. The van der Waals surface area contributed by atoms with Crippen molar-refractivity contribution in [2.24, 2.45) is 5.92 Å². The first-order valence-corrected chi connectivity index (χ1v) is 11.2. The molecule has 0 amide bonds. The number of hydrogen-bond donors (Lipinski definition) is 1. The fourth-order valence-corrected chi connectivity index (χ4v) is 3.83. The maximum atomic E-state index is 12.0. The quantitative estimate of drug-likeness (QED) is 0.459. The molecule has 0 fully saturated rings. The van der Waals surface area contributed by atoms with Gasteiger partial charge >= 0.3 is 5.97 Å². The molecule has 6 nitrogen and oxygen atoms in total. The van der Waals surface area contributed by atoms with Gasteiger partial charge in [-0.2, -0.15) is 0 Å². The fraction of sp³-hybridized carbons (Fsp3) is 0.462. The van der Waals surface area contributed by atoms with Crippen molar-refractivity contribution >= 4 is 5.97 Å². The van der Waals surface area contributed by atoms with E-state index in [4.69, 9.17) is 9.15 Å². The molecule has 1 aliphatic heterocycles. The van der Waals surface area contributed by atoms with Gasteiger partial charge in [-0.1, -0.05) is 31.9 Å². The van der Waals surface area contributed by atoms with Gasteiger partial charge in [0.1, 0.15) is 17.6 Å². The number of hydrogen-bond acceptors (Lipinski definition) is 5. The van der Waals surface area contributed by atoms with E-state index >= 15 is 0 Å². The Morgan fingerprint density at radius 3 is 3.00 bits per heavy atom. The highest BCUT2D eigenvalue weighted by Crippen LogP contribution is 2.33. The van der Waals surface area contributed by atoms with Crippen molar-refractivity contribution in [2.45, 2.75) is 52.5 Å². The Kier molecular flexibility index (Phi) is 8.13. The van der Waals surface area contributed by atoms with Crippen LogP contribution in [0.5, 0.6) is 5.75 Å². The summed E-state index contributed by atoms with van der Waals surface area (Å²) in [7, 11) is 0. The molecular formula is C26H32N2O4. The number of aliphatic carboxylic acids is 1. The zero-order valence-electron chi connectivity index (χ0n) is 19.2. The molecule has 1 aromatic heterocycles. The van der Waals surface area contributed by atoms with E-state index in [2.05, 4.69) is 37.3 Å². The number of aryl methyl sites for hydroxylation is 1. The van der Waals surface area contributed by atoms with Crippen LogP contribution in [0.25, 0.3) is 0 Å². The first-order chi connectivity index (χ1) is 15.4. The molecule has 0 bridgehead atoms. The lowest BCUT2D eigenvalue weighted by atomic mass is 9.92. The molecule has 1 N–H and O–H groups in total. The van der Waals surface area contributed by atoms with Crippen LogP contribution in [0, 0.1) is 24.7 Å². The number of aromatic nitrogens is 1. The van der Waals surface area contributed by atoms with Crippen molar-refractivity contribution in [3.05, 3.63) is 59.3 Å². The van der Waals surface area contributed by atoms with Crippen LogP contribution in [0.15, 0.2) is 35.3 Å². The number of nitrogens with zero attached hydrogens (tertiary/aromatic N) is 2. The third-order valence-electron chi connectivity index (χ3n) is 5.51. The molecule has 32 heavy (non-hydrogen) atoms. The fourth-order valence-electron chi connectivity index (χ4n) is 3.83. The molecule has 3 rings (SSSR count). The highest BCUT2D eigenvalue weighted by molar-refractivity contribution is 5.77. The second-order valence-corrected chi connectivity index (χ2v) is 8.48. The number of oxazole rings is 1. The molecular weight excluding hydrogens is 404 g/mol. The van der Waals surface area contributed by atoms with Gasteiger partial charge < -0.3 is 14.3 Å². The first kappa shape index (κ1) is 23.6. The molecule has 0 radical (unpaired) electrons. The number of rotatable bonds is 9. The zero-order valence-corrected chi connectivity index (χ0v) is 19.2. The lowest BCUT2D eigenvalue weighted by molar-refractivity contribution is -0.144. The van der Waals surface area contributed by atoms with Crippen LogP contribution in [0.3, 0.4) is 0 Å². The van der Waals surface area contributed by atoms with Crippen molar-refractivity contribution in [1.82, 2.24) is 9.88 Å². The number of benzene rings is 1. The predicted octanol–water partition coefficient (Wildman–Crippen LogP) is 4.56. The zero-order chi connectivity index (χ0) is 23.1. The normalized spacial score (nSPS) is 15.7. The summed E-state index contributed by atoms with van der Waals surface area (Å²) in [6.45, 7) is 11.7. The minimum absolute atomic E-state index is 0.420. The Morgan fingerprint density at radius 1 is 1.47 bits per heavy atom. The number of carboxylic acids is 1. The van der Waals surface area contributed by atoms with Crippen molar-refractivity contribution < 1.29 is 19.1 Å². The van der Waals surface area contributed by atoms with Crippen LogP contribution in [-0.4, -0.2) is 40.7 Å². The van der Waals surface area contributed by atoms with Gasteiger partial charge in [-0.25, -0.2) is 4.98 Å². The van der Waals surface area contributed by atoms with Gasteiger partial charge in [-0.15, -0.1) is 6.58 Å². The monoisotopic (exact) mass is 436 g/mol. The maximum absolute atomic E-state index is 12.0. The minimum atomic E-state index is -0.837. The highest BCUT2D eigenvalue weighted by Gasteiger charge is 2.32. The van der Waals surface area contributed by atoms with E-state index in [1.165, 1.54) is 0 Å². The highest BCUT2D eigenvalue weighted by atomic mass is 16.5. The molecule has 0 saturated heterocycles. The summed E-state index contributed by atoms with van der Waals surface area (Å²) in [5, 5.41) is 9.86. The Morgan fingerprint density at radius 2 is 2.28 bits per heavy atom. The van der Waals surface area contributed by atoms with Gasteiger partial charge in [0.2, 0.25) is 0 Å². The molecule has 170 valence electrons. The van der Waals surface area contributed by atoms with Crippen LogP contribution in [0.4, 0.5) is 0 Å². The average molecular weight is 437 g/mol. The second-order valence-electron chi connectivity index (χ2n) is 8.48. The molecule has 1 atom stereocenters. The number of carbonyl (C=O) groups is 1. The van der Waals surface area contributed by atoms with E-state index < -0.39 is 12.0 Å².